The maximum atomic E-state index is 14.1. The Bertz CT molecular complexity index is 1190. The fraction of sp³-hybridized carbons (Fsp3) is 0.348. The first-order valence-corrected chi connectivity index (χ1v) is 10.7. The third-order valence-corrected chi connectivity index (χ3v) is 5.71. The van der Waals surface area contributed by atoms with Gasteiger partial charge in [-0.3, -0.25) is 4.79 Å². The molecule has 1 aliphatic heterocycles. The molecule has 1 amide bonds. The van der Waals surface area contributed by atoms with Gasteiger partial charge in [-0.05, 0) is 51.0 Å². The van der Waals surface area contributed by atoms with Crippen LogP contribution in [0.4, 0.5) is 23.4 Å². The number of nitrogens with zero attached hydrogens (tertiary/aromatic N) is 5. The minimum absolute atomic E-state index is 0.0371. The Morgan fingerprint density at radius 2 is 1.88 bits per heavy atom. The van der Waals surface area contributed by atoms with E-state index in [1.54, 1.807) is 17.9 Å². The minimum atomic E-state index is -4.67. The smallest absolute Gasteiger partial charge is 0.365 e. The first kappa shape index (κ1) is 23.5. The summed E-state index contributed by atoms with van der Waals surface area (Å²) in [6.07, 6.45) is -0.385. The predicted octanol–water partition coefficient (Wildman–Crippen LogP) is 4.51. The Labute approximate surface area is 193 Å². The van der Waals surface area contributed by atoms with E-state index in [1.165, 1.54) is 37.5 Å². The summed E-state index contributed by atoms with van der Waals surface area (Å²) in [6, 6.07) is 6.15. The molecular formula is C23H22F4N6O. The van der Waals surface area contributed by atoms with Gasteiger partial charge in [0.15, 0.2) is 5.82 Å². The molecule has 2 aromatic heterocycles. The van der Waals surface area contributed by atoms with Crippen molar-refractivity contribution in [2.24, 2.45) is 0 Å². The van der Waals surface area contributed by atoms with Crippen LogP contribution in [0.15, 0.2) is 42.7 Å². The van der Waals surface area contributed by atoms with Crippen molar-refractivity contribution in [2.75, 3.05) is 11.9 Å². The summed E-state index contributed by atoms with van der Waals surface area (Å²) in [5.74, 6) is -1.87. The second-order valence-electron chi connectivity index (χ2n) is 8.11. The van der Waals surface area contributed by atoms with Gasteiger partial charge in [-0.2, -0.15) is 13.2 Å². The van der Waals surface area contributed by atoms with Gasteiger partial charge in [0.2, 0.25) is 5.82 Å². The molecule has 11 heteroatoms. The lowest BCUT2D eigenvalue weighted by Crippen LogP contribution is -2.52. The Hall–Kier alpha value is -3.63. The van der Waals surface area contributed by atoms with Crippen LogP contribution in [0.2, 0.25) is 0 Å². The largest absolute Gasteiger partial charge is 0.451 e. The molecule has 7 nitrogen and oxygen atoms in total. The standard InChI is InChI=1S/C23H22F4N6O/c1-13-11-19(32-22(30-13)23(25,26)27)31-18-5-3-10-33(14(18)2)21(34)17-12-15(24)6-7-16(17)20-28-8-4-9-29-20/h4,6-9,11-12,14,18H,3,5,10H2,1-2H3,(H,30,31,32)/t14-,18+/m1/s1. The van der Waals surface area contributed by atoms with Gasteiger partial charge in [0.05, 0.1) is 5.56 Å². The first-order valence-electron chi connectivity index (χ1n) is 10.7. The molecule has 0 spiro atoms. The van der Waals surface area contributed by atoms with Gasteiger partial charge >= 0.3 is 6.18 Å². The van der Waals surface area contributed by atoms with E-state index < -0.39 is 29.8 Å². The molecule has 0 unspecified atom stereocenters. The molecule has 1 saturated heterocycles. The molecule has 0 bridgehead atoms. The van der Waals surface area contributed by atoms with Crippen molar-refractivity contribution in [3.63, 3.8) is 0 Å². The van der Waals surface area contributed by atoms with E-state index in [0.717, 1.165) is 6.07 Å². The fourth-order valence-corrected chi connectivity index (χ4v) is 4.06. The van der Waals surface area contributed by atoms with E-state index in [2.05, 4.69) is 25.3 Å². The molecule has 1 aromatic carbocycles. The maximum absolute atomic E-state index is 14.1. The van der Waals surface area contributed by atoms with Crippen LogP contribution >= 0.6 is 0 Å². The number of aryl methyl sites for hydroxylation is 1. The van der Waals surface area contributed by atoms with Crippen LogP contribution in [0.25, 0.3) is 11.4 Å². The van der Waals surface area contributed by atoms with Gasteiger partial charge in [-0.1, -0.05) is 0 Å². The van der Waals surface area contributed by atoms with E-state index in [-0.39, 0.29) is 23.1 Å². The summed E-state index contributed by atoms with van der Waals surface area (Å²) in [4.78, 5) is 30.5. The van der Waals surface area contributed by atoms with Crippen LogP contribution in [-0.2, 0) is 6.18 Å². The van der Waals surface area contributed by atoms with Crippen LogP contribution in [0.5, 0.6) is 0 Å². The molecule has 34 heavy (non-hydrogen) atoms. The minimum Gasteiger partial charge on any atom is -0.365 e. The van der Waals surface area contributed by atoms with E-state index in [0.29, 0.717) is 30.8 Å². The highest BCUT2D eigenvalue weighted by molar-refractivity contribution is 6.00. The van der Waals surface area contributed by atoms with Crippen molar-refractivity contribution < 1.29 is 22.4 Å². The SMILES string of the molecule is Cc1cc(N[C@H]2CCCN(C(=O)c3cc(F)ccc3-c3ncccn3)[C@@H]2C)nc(C(F)(F)F)n1. The highest BCUT2D eigenvalue weighted by Gasteiger charge is 2.36. The number of halogens is 4. The third kappa shape index (κ3) is 4.97. The quantitative estimate of drug-likeness (QED) is 0.561. The van der Waals surface area contributed by atoms with Crippen LogP contribution < -0.4 is 5.32 Å². The monoisotopic (exact) mass is 474 g/mol. The zero-order valence-electron chi connectivity index (χ0n) is 18.5. The summed E-state index contributed by atoms with van der Waals surface area (Å²) in [5, 5.41) is 3.03. The Balaban J connectivity index is 1.60. The van der Waals surface area contributed by atoms with Gasteiger partial charge in [-0.15, -0.1) is 0 Å². The number of hydrogen-bond acceptors (Lipinski definition) is 6. The average Bonchev–Trinajstić information content (AvgIpc) is 2.79. The second kappa shape index (κ2) is 9.32. The lowest BCUT2D eigenvalue weighted by atomic mass is 9.95. The van der Waals surface area contributed by atoms with Gasteiger partial charge in [0.1, 0.15) is 11.6 Å². The molecule has 0 saturated carbocycles. The van der Waals surface area contributed by atoms with Crippen molar-refractivity contribution in [1.82, 2.24) is 24.8 Å². The highest BCUT2D eigenvalue weighted by atomic mass is 19.4. The molecule has 2 atom stereocenters. The lowest BCUT2D eigenvalue weighted by molar-refractivity contribution is -0.145. The highest BCUT2D eigenvalue weighted by Crippen LogP contribution is 2.30. The zero-order chi connectivity index (χ0) is 24.5. The number of nitrogens with one attached hydrogen (secondary N) is 1. The number of benzene rings is 1. The van der Waals surface area contributed by atoms with Crippen molar-refractivity contribution in [3.8, 4) is 11.4 Å². The zero-order valence-corrected chi connectivity index (χ0v) is 18.5. The van der Waals surface area contributed by atoms with Crippen molar-refractivity contribution >= 4 is 11.7 Å². The molecule has 178 valence electrons. The fourth-order valence-electron chi connectivity index (χ4n) is 4.06. The number of alkyl halides is 3. The van der Waals surface area contributed by atoms with Crippen LogP contribution in [0.3, 0.4) is 0 Å². The summed E-state index contributed by atoms with van der Waals surface area (Å²) in [7, 11) is 0. The molecule has 4 rings (SSSR count). The average molecular weight is 474 g/mol. The Morgan fingerprint density at radius 3 is 2.59 bits per heavy atom. The molecule has 3 aromatic rings. The number of carbonyl (C=O) groups is 1. The summed E-state index contributed by atoms with van der Waals surface area (Å²) >= 11 is 0. The Kier molecular flexibility index (Phi) is 6.45. The number of anilines is 1. The second-order valence-corrected chi connectivity index (χ2v) is 8.11. The van der Waals surface area contributed by atoms with Crippen LogP contribution in [-0.4, -0.2) is 49.4 Å². The molecule has 0 radical (unpaired) electrons. The number of likely N-dealkylation sites (tertiary alicyclic amines) is 1. The van der Waals surface area contributed by atoms with E-state index in [4.69, 9.17) is 0 Å². The molecule has 1 N–H and O–H groups in total. The summed E-state index contributed by atoms with van der Waals surface area (Å²) < 4.78 is 53.5. The molecule has 0 aliphatic carbocycles. The lowest BCUT2D eigenvalue weighted by Gasteiger charge is -2.40. The van der Waals surface area contributed by atoms with E-state index in [1.807, 2.05) is 0 Å². The van der Waals surface area contributed by atoms with Crippen molar-refractivity contribution in [1.29, 1.82) is 0 Å². The number of hydrogen-bond donors (Lipinski definition) is 1. The van der Waals surface area contributed by atoms with Gasteiger partial charge < -0.3 is 10.2 Å². The maximum Gasteiger partial charge on any atom is 0.451 e. The predicted molar refractivity (Wildman–Crippen MR) is 116 cm³/mol. The van der Waals surface area contributed by atoms with E-state index >= 15 is 0 Å². The number of amides is 1. The molecule has 1 aliphatic rings. The van der Waals surface area contributed by atoms with Crippen LogP contribution in [0, 0.1) is 12.7 Å². The topological polar surface area (TPSA) is 83.9 Å². The van der Waals surface area contributed by atoms with E-state index in [9.17, 15) is 22.4 Å². The first-order chi connectivity index (χ1) is 16.1. The summed E-state index contributed by atoms with van der Waals surface area (Å²) in [6.45, 7) is 3.67. The molecule has 3 heterocycles. The number of carbonyl (C=O) groups excluding carboxylic acids is 1. The van der Waals surface area contributed by atoms with Gasteiger partial charge in [0.25, 0.3) is 5.91 Å². The van der Waals surface area contributed by atoms with Gasteiger partial charge in [-0.25, -0.2) is 24.3 Å². The number of piperidine rings is 1. The van der Waals surface area contributed by atoms with Gasteiger partial charge in [0, 0.05) is 48.3 Å². The van der Waals surface area contributed by atoms with Crippen LogP contribution in [0.1, 0.15) is 41.6 Å². The van der Waals surface area contributed by atoms with Crippen molar-refractivity contribution in [3.05, 3.63) is 65.6 Å². The normalized spacial score (nSPS) is 18.6. The molecule has 1 fully saturated rings. The van der Waals surface area contributed by atoms with Crippen molar-refractivity contribution in [2.45, 2.75) is 44.9 Å². The Morgan fingerprint density at radius 1 is 1.15 bits per heavy atom. The third-order valence-electron chi connectivity index (χ3n) is 5.71. The number of rotatable bonds is 4. The molecular weight excluding hydrogens is 452 g/mol. The number of aromatic nitrogens is 4. The summed E-state index contributed by atoms with van der Waals surface area (Å²) in [5.41, 5.74) is 0.694.